The summed E-state index contributed by atoms with van der Waals surface area (Å²) in [5, 5.41) is 0. The molecule has 0 fully saturated rings. The number of halogens is 2. The van der Waals surface area contributed by atoms with Crippen molar-refractivity contribution in [2.75, 3.05) is 34.4 Å². The molecule has 0 atom stereocenters. The topological polar surface area (TPSA) is 233 Å². The van der Waals surface area contributed by atoms with Crippen LogP contribution in [0.25, 0.3) is 34.2 Å². The van der Waals surface area contributed by atoms with Crippen molar-refractivity contribution in [3.8, 4) is 34.2 Å². The molecule has 0 amide bonds. The van der Waals surface area contributed by atoms with Gasteiger partial charge in [-0.3, -0.25) is 29.9 Å². The zero-order valence-electron chi connectivity index (χ0n) is 23.6. The van der Waals surface area contributed by atoms with Gasteiger partial charge in [-0.1, -0.05) is 0 Å². The van der Waals surface area contributed by atoms with Gasteiger partial charge in [0.1, 0.15) is 0 Å². The molecule has 12 nitrogen and oxygen atoms in total. The van der Waals surface area contributed by atoms with Gasteiger partial charge in [-0.05, 0) is 72.8 Å². The second-order valence-electron chi connectivity index (χ2n) is 8.90. The second-order valence-corrected chi connectivity index (χ2v) is 10.7. The summed E-state index contributed by atoms with van der Waals surface area (Å²) in [6.45, 7) is 0. The zero-order chi connectivity index (χ0) is 32.6. The monoisotopic (exact) mass is 684 g/mol. The molecule has 0 aliphatic rings. The average Bonchev–Trinajstić information content (AvgIpc) is 3.02. The number of nitrogens with zero attached hydrogens (tertiary/aromatic N) is 6. The third kappa shape index (κ3) is 11.8. The fraction of sp³-hybridized carbons (Fsp3) is 0. The minimum absolute atomic E-state index is 0.194. The van der Waals surface area contributed by atoms with Crippen LogP contribution in [0.1, 0.15) is 0 Å². The number of hydrogen-bond acceptors (Lipinski definition) is 12. The van der Waals surface area contributed by atoms with Crippen LogP contribution < -0.4 is 34.4 Å². The normalized spacial score (nSPS) is 9.82. The van der Waals surface area contributed by atoms with Gasteiger partial charge in [-0.15, -0.1) is 0 Å². The van der Waals surface area contributed by atoms with E-state index in [1.807, 2.05) is 0 Å². The van der Waals surface area contributed by atoms with Crippen LogP contribution in [0.4, 0.5) is 34.1 Å². The predicted octanol–water partition coefficient (Wildman–Crippen LogP) is 5.30. The van der Waals surface area contributed by atoms with Gasteiger partial charge in [-0.2, -0.15) is 0 Å². The van der Waals surface area contributed by atoms with Crippen LogP contribution in [-0.2, 0) is 13.1 Å². The van der Waals surface area contributed by atoms with E-state index in [9.17, 15) is 0 Å². The van der Waals surface area contributed by atoms with E-state index >= 15 is 0 Å². The van der Waals surface area contributed by atoms with Crippen molar-refractivity contribution in [3.05, 3.63) is 110 Å². The quantitative estimate of drug-likeness (QED) is 0.130. The Bertz CT molecular complexity index is 1470. The molecule has 12 N–H and O–H groups in total. The molecule has 6 aromatic rings. The zero-order valence-corrected chi connectivity index (χ0v) is 26.3. The summed E-state index contributed by atoms with van der Waals surface area (Å²) in [5.74, 6) is 0. The molecular formula is C30H30Cl2FeN12. The first-order chi connectivity index (χ1) is 21.7. The van der Waals surface area contributed by atoms with Crippen molar-refractivity contribution >= 4 is 54.3 Å². The van der Waals surface area contributed by atoms with Gasteiger partial charge in [0.2, 0.25) is 0 Å². The fourth-order valence-electron chi connectivity index (χ4n) is 3.52. The molecule has 0 aliphatic heterocycles. The van der Waals surface area contributed by atoms with Gasteiger partial charge < -0.3 is 34.4 Å². The maximum atomic E-state index is 5.63. The van der Waals surface area contributed by atoms with Crippen LogP contribution in [0, 0.1) is 0 Å². The predicted molar refractivity (Wildman–Crippen MR) is 181 cm³/mol. The summed E-state index contributed by atoms with van der Waals surface area (Å²) in [7, 11) is 9.53. The van der Waals surface area contributed by atoms with E-state index < -0.39 is 0 Å². The van der Waals surface area contributed by atoms with E-state index in [0.29, 0.717) is 34.1 Å². The summed E-state index contributed by atoms with van der Waals surface area (Å²) in [6.07, 6.45) is 9.89. The van der Waals surface area contributed by atoms with Gasteiger partial charge in [0, 0.05) is 71.3 Å². The molecule has 45 heavy (non-hydrogen) atoms. The molecule has 0 bridgehead atoms. The molecule has 15 heteroatoms. The first-order valence-electron chi connectivity index (χ1n) is 12.8. The second kappa shape index (κ2) is 17.8. The Morgan fingerprint density at radius 1 is 0.333 bits per heavy atom. The molecular weight excluding hydrogens is 655 g/mol. The third-order valence-corrected chi connectivity index (χ3v) is 5.49. The first kappa shape index (κ1) is 34.3. The standard InChI is InChI=1S/3C10H10N4.2ClH.Fe/c3*11-7-1-3-13-9(5-7)10-6-8(12)2-4-14-10;;;/h3*1-6H,(H2,11,13)(H2,12,14);2*1H;/q;;;;;+2/p-2. The summed E-state index contributed by atoms with van der Waals surface area (Å²) in [4.78, 5) is 24.9. The third-order valence-electron chi connectivity index (χ3n) is 5.49. The minimum atomic E-state index is 0.194. The molecule has 6 rings (SSSR count). The van der Waals surface area contributed by atoms with Gasteiger partial charge >= 0.3 is 33.3 Å². The number of rotatable bonds is 3. The summed E-state index contributed by atoms with van der Waals surface area (Å²) in [6, 6.07) is 21.0. The molecule has 0 radical (unpaired) electrons. The van der Waals surface area contributed by atoms with Crippen LogP contribution in [0.2, 0.25) is 0 Å². The molecule has 0 saturated heterocycles. The number of pyridine rings is 6. The van der Waals surface area contributed by atoms with E-state index in [-0.39, 0.29) is 13.1 Å². The van der Waals surface area contributed by atoms with Crippen molar-refractivity contribution in [1.29, 1.82) is 0 Å². The van der Waals surface area contributed by atoms with Gasteiger partial charge in [-0.25, -0.2) is 0 Å². The Kier molecular flexibility index (Phi) is 13.6. The molecule has 0 spiro atoms. The average molecular weight is 685 g/mol. The summed E-state index contributed by atoms with van der Waals surface area (Å²) < 4.78 is 0. The maximum absolute atomic E-state index is 5.63. The SMILES string of the molecule is Nc1ccnc(-c2cc(N)ccn2)c1.Nc1ccnc(-c2cc(N)ccn2)c1.Nc1ccnc(-c2cc(N)ccn2)c1.[Cl][Fe][Cl]. The fourth-order valence-corrected chi connectivity index (χ4v) is 3.52. The molecule has 6 heterocycles. The number of aromatic nitrogens is 6. The molecule has 0 unspecified atom stereocenters. The van der Waals surface area contributed by atoms with Gasteiger partial charge in [0.05, 0.1) is 34.2 Å². The number of nitrogens with two attached hydrogens (primary N) is 6. The van der Waals surface area contributed by atoms with Crippen molar-refractivity contribution in [2.24, 2.45) is 0 Å². The van der Waals surface area contributed by atoms with Crippen molar-refractivity contribution in [2.45, 2.75) is 0 Å². The number of anilines is 6. The Morgan fingerprint density at radius 3 is 0.578 bits per heavy atom. The Morgan fingerprint density at radius 2 is 0.467 bits per heavy atom. The van der Waals surface area contributed by atoms with E-state index in [1.54, 1.807) is 110 Å². The van der Waals surface area contributed by atoms with E-state index in [4.69, 9.17) is 54.6 Å². The van der Waals surface area contributed by atoms with Crippen LogP contribution in [0.15, 0.2) is 110 Å². The van der Waals surface area contributed by atoms with Crippen molar-refractivity contribution in [3.63, 3.8) is 0 Å². The molecule has 0 aliphatic carbocycles. The Balaban J connectivity index is 0.000000176. The van der Waals surface area contributed by atoms with Crippen LogP contribution >= 0.6 is 20.2 Å². The van der Waals surface area contributed by atoms with E-state index in [2.05, 4.69) is 29.9 Å². The first-order valence-corrected chi connectivity index (χ1v) is 15.9. The molecule has 6 aromatic heterocycles. The van der Waals surface area contributed by atoms with Gasteiger partial charge in [0.25, 0.3) is 0 Å². The Labute approximate surface area is 274 Å². The van der Waals surface area contributed by atoms with E-state index in [0.717, 1.165) is 34.2 Å². The number of nitrogen functional groups attached to an aromatic ring is 6. The van der Waals surface area contributed by atoms with Crippen molar-refractivity contribution in [1.82, 2.24) is 29.9 Å². The van der Waals surface area contributed by atoms with Crippen molar-refractivity contribution < 1.29 is 13.1 Å². The van der Waals surface area contributed by atoms with Crippen LogP contribution in [-0.4, -0.2) is 29.9 Å². The summed E-state index contributed by atoms with van der Waals surface area (Å²) in [5.41, 5.74) is 42.2. The summed E-state index contributed by atoms with van der Waals surface area (Å²) >= 11 is 0.194. The Hall–Kier alpha value is -5.20. The molecule has 232 valence electrons. The molecule has 0 saturated carbocycles. The van der Waals surface area contributed by atoms with Crippen LogP contribution in [0.5, 0.6) is 0 Å². The van der Waals surface area contributed by atoms with Crippen LogP contribution in [0.3, 0.4) is 0 Å². The number of hydrogen-bond donors (Lipinski definition) is 6. The van der Waals surface area contributed by atoms with E-state index in [1.165, 1.54) is 0 Å². The van der Waals surface area contributed by atoms with Gasteiger partial charge in [0.15, 0.2) is 0 Å². The molecule has 0 aromatic carbocycles.